The third-order valence-corrected chi connectivity index (χ3v) is 9.98. The third-order valence-electron chi connectivity index (χ3n) is 6.84. The van der Waals surface area contributed by atoms with Gasteiger partial charge in [-0.05, 0) is 23.6 Å². The highest BCUT2D eigenvalue weighted by molar-refractivity contribution is 8.07. The number of nitrogens with one attached hydrogen (secondary N) is 1. The van der Waals surface area contributed by atoms with Crippen LogP contribution in [0.3, 0.4) is 0 Å². The monoisotopic (exact) mass is 665 g/mol. The van der Waals surface area contributed by atoms with Crippen LogP contribution in [0.5, 0.6) is 0 Å². The highest BCUT2D eigenvalue weighted by atomic mass is 32.5. The van der Waals surface area contributed by atoms with Crippen LogP contribution < -0.4 is 17.0 Å². The molecule has 6 rings (SSSR count). The van der Waals surface area contributed by atoms with E-state index in [9.17, 15) is 19.4 Å². The Hall–Kier alpha value is -2.03. The maximum atomic E-state index is 12.6. The second-order valence-electron chi connectivity index (χ2n) is 9.49. The van der Waals surface area contributed by atoms with Gasteiger partial charge < -0.3 is 43.3 Å². The Labute approximate surface area is 246 Å². The molecule has 3 aliphatic heterocycles. The molecule has 3 aliphatic rings. The van der Waals surface area contributed by atoms with Crippen molar-refractivity contribution in [3.8, 4) is 0 Å². The van der Waals surface area contributed by atoms with Gasteiger partial charge in [0.15, 0.2) is 23.9 Å². The van der Waals surface area contributed by atoms with Crippen molar-refractivity contribution in [2.45, 2.75) is 49.4 Å². The number of nitrogens with two attached hydrogens (primary N) is 1. The molecule has 228 valence electrons. The van der Waals surface area contributed by atoms with Gasteiger partial charge in [0.2, 0.25) is 0 Å². The van der Waals surface area contributed by atoms with Gasteiger partial charge in [0, 0.05) is 25.8 Å². The third kappa shape index (κ3) is 5.88. The van der Waals surface area contributed by atoms with Crippen LogP contribution in [0.4, 0.5) is 5.82 Å². The number of nitrogen functional groups attached to an aromatic ring is 1. The number of anilines is 1. The van der Waals surface area contributed by atoms with Gasteiger partial charge in [-0.3, -0.25) is 23.4 Å². The molecule has 0 saturated carbocycles. The van der Waals surface area contributed by atoms with Gasteiger partial charge in [-0.2, -0.15) is 0 Å². The first kappa shape index (κ1) is 30.0. The summed E-state index contributed by atoms with van der Waals surface area (Å²) in [7, 11) is 1.34. The lowest BCUT2D eigenvalue weighted by atomic mass is 10.1. The molecule has 42 heavy (non-hydrogen) atoms. The van der Waals surface area contributed by atoms with E-state index in [2.05, 4.69) is 19.9 Å². The van der Waals surface area contributed by atoms with E-state index in [1.54, 1.807) is 4.57 Å². The zero-order valence-corrected chi connectivity index (χ0v) is 25.0. The van der Waals surface area contributed by atoms with E-state index in [1.165, 1.54) is 26.0 Å². The number of aromatic nitrogens is 6. The van der Waals surface area contributed by atoms with Crippen LogP contribution in [0, 0.1) is 0 Å². The molecule has 0 aromatic carbocycles. The molecule has 9 atom stereocenters. The molecule has 3 saturated heterocycles. The fourth-order valence-corrected chi connectivity index (χ4v) is 7.91. The molecule has 18 nitrogen and oxygen atoms in total. The standard InChI is InChI=1S/C20H25N7O11P2S2/c1-32-14-11-6-34-39(30,41)37-10-4-9(35-18(10)27-8-24-13-16(21)22-7-23-17(13)27)5-33-40(31,42)38-15(14)19(36-11)26-3-2-12(28)25-20(26)29/h2-3,7-11,14-15,18-19H,4-6H2,1H3,(H,30,41)(H,31,42)(H2,21,22,23)(H,25,28,29)/t9-,10+,11+,14+,15+,18+,19+,39?,40?/m0/s1. The maximum Gasteiger partial charge on any atom is 0.330 e. The summed E-state index contributed by atoms with van der Waals surface area (Å²) in [5.74, 6) is 0.159. The highest BCUT2D eigenvalue weighted by Gasteiger charge is 2.51. The van der Waals surface area contributed by atoms with Crippen LogP contribution in [0.1, 0.15) is 18.9 Å². The summed E-state index contributed by atoms with van der Waals surface area (Å²) < 4.78 is 43.4. The van der Waals surface area contributed by atoms with Crippen LogP contribution >= 0.6 is 13.4 Å². The molecular formula is C20H25N7O11P2S2. The summed E-state index contributed by atoms with van der Waals surface area (Å²) in [6.45, 7) is -8.59. The first-order valence-corrected chi connectivity index (χ1v) is 17.5. The van der Waals surface area contributed by atoms with Gasteiger partial charge in [0.1, 0.15) is 36.3 Å². The van der Waals surface area contributed by atoms with Crippen molar-refractivity contribution in [2.24, 2.45) is 0 Å². The van der Waals surface area contributed by atoms with E-state index in [0.717, 1.165) is 10.6 Å². The molecule has 5 N–H and O–H groups in total. The minimum absolute atomic E-state index is 0.141. The zero-order valence-electron chi connectivity index (χ0n) is 21.6. The van der Waals surface area contributed by atoms with Crippen LogP contribution in [-0.2, 0) is 55.9 Å². The molecular weight excluding hydrogens is 640 g/mol. The Balaban J connectivity index is 1.33. The highest BCUT2D eigenvalue weighted by Crippen LogP contribution is 2.54. The van der Waals surface area contributed by atoms with Gasteiger partial charge in [0.05, 0.1) is 25.6 Å². The molecule has 3 fully saturated rings. The SMILES string of the molecule is CO[C@H]1[C@H]2OP(O)(=S)OC[C@@H]3C[C@@H](OP(O)(=S)OC[C@H]1O[C@H]2n1ccc(=O)[nH]c1=O)[C@H](n1cnc2c(N)ncnc21)O3. The van der Waals surface area contributed by atoms with Crippen molar-refractivity contribution in [1.29, 1.82) is 0 Å². The lowest BCUT2D eigenvalue weighted by Crippen LogP contribution is -2.40. The van der Waals surface area contributed by atoms with Crippen LogP contribution in [-0.4, -0.2) is 89.7 Å². The predicted molar refractivity (Wildman–Crippen MR) is 149 cm³/mol. The Morgan fingerprint density at radius 2 is 1.81 bits per heavy atom. The summed E-state index contributed by atoms with van der Waals surface area (Å²) in [5, 5.41) is 0. The first-order valence-electron chi connectivity index (χ1n) is 12.3. The second kappa shape index (κ2) is 11.5. The number of aromatic amines is 1. The van der Waals surface area contributed by atoms with E-state index >= 15 is 0 Å². The number of nitrogens with zero attached hydrogens (tertiary/aromatic N) is 5. The molecule has 2 unspecified atom stereocenters. The summed E-state index contributed by atoms with van der Waals surface area (Å²) in [6.07, 6.45) is -2.92. The fraction of sp³-hybridized carbons (Fsp3) is 0.550. The van der Waals surface area contributed by atoms with Gasteiger partial charge >= 0.3 is 19.1 Å². The molecule has 6 heterocycles. The largest absolute Gasteiger partial charge is 0.382 e. The lowest BCUT2D eigenvalue weighted by Gasteiger charge is -2.28. The van der Waals surface area contributed by atoms with E-state index in [4.69, 9.17) is 61.7 Å². The van der Waals surface area contributed by atoms with E-state index in [-0.39, 0.29) is 25.5 Å². The van der Waals surface area contributed by atoms with Crippen molar-refractivity contribution in [3.63, 3.8) is 0 Å². The fourth-order valence-electron chi connectivity index (χ4n) is 5.04. The number of fused-ring (bicyclic) bond motifs is 5. The molecule has 0 amide bonds. The van der Waals surface area contributed by atoms with Gasteiger partial charge in [-0.1, -0.05) is 0 Å². The Morgan fingerprint density at radius 3 is 2.57 bits per heavy atom. The predicted octanol–water partition coefficient (Wildman–Crippen LogP) is -0.591. The van der Waals surface area contributed by atoms with Crippen LogP contribution in [0.15, 0.2) is 34.5 Å². The minimum atomic E-state index is -4.02. The number of methoxy groups -OCH3 is 1. The number of rotatable bonds is 3. The number of hydrogen-bond donors (Lipinski definition) is 4. The number of hydrogen-bond acceptors (Lipinski definition) is 15. The summed E-state index contributed by atoms with van der Waals surface area (Å²) >= 11 is 10.6. The summed E-state index contributed by atoms with van der Waals surface area (Å²) in [4.78, 5) is 60.8. The molecule has 3 aromatic rings. The number of ether oxygens (including phenoxy) is 3. The second-order valence-corrected chi connectivity index (χ2v) is 15.1. The normalized spacial score (nSPS) is 37.5. The van der Waals surface area contributed by atoms with Crippen molar-refractivity contribution >= 4 is 54.0 Å². The number of imidazole rings is 1. The summed E-state index contributed by atoms with van der Waals surface area (Å²) in [6, 6.07) is 1.11. The molecule has 22 heteroatoms. The zero-order chi connectivity index (χ0) is 29.8. The minimum Gasteiger partial charge on any atom is -0.382 e. The van der Waals surface area contributed by atoms with Crippen molar-refractivity contribution in [3.05, 3.63) is 45.8 Å². The summed E-state index contributed by atoms with van der Waals surface area (Å²) in [5.41, 5.74) is 5.16. The smallest absolute Gasteiger partial charge is 0.330 e. The van der Waals surface area contributed by atoms with E-state index in [1.807, 2.05) is 0 Å². The maximum absolute atomic E-state index is 12.6. The van der Waals surface area contributed by atoms with Gasteiger partial charge in [0.25, 0.3) is 5.56 Å². The molecule has 0 spiro atoms. The topological polar surface area (TPSA) is 230 Å². The first-order chi connectivity index (χ1) is 19.9. The lowest BCUT2D eigenvalue weighted by molar-refractivity contribution is -0.0639. The Kier molecular flexibility index (Phi) is 8.20. The van der Waals surface area contributed by atoms with Crippen LogP contribution in [0.25, 0.3) is 11.2 Å². The van der Waals surface area contributed by atoms with Crippen LogP contribution in [0.2, 0.25) is 0 Å². The molecule has 0 radical (unpaired) electrons. The van der Waals surface area contributed by atoms with Crippen molar-refractivity contribution in [1.82, 2.24) is 29.1 Å². The van der Waals surface area contributed by atoms with Gasteiger partial charge in [-0.25, -0.2) is 19.7 Å². The average Bonchev–Trinajstić information content (AvgIpc) is 3.61. The van der Waals surface area contributed by atoms with Crippen molar-refractivity contribution in [2.75, 3.05) is 26.1 Å². The average molecular weight is 666 g/mol. The number of H-pyrrole nitrogens is 1. The molecule has 3 aromatic heterocycles. The Bertz CT molecular complexity index is 1700. The van der Waals surface area contributed by atoms with Gasteiger partial charge in [-0.15, -0.1) is 0 Å². The van der Waals surface area contributed by atoms with E-state index in [0.29, 0.717) is 11.2 Å². The molecule has 0 aliphatic carbocycles. The van der Waals surface area contributed by atoms with E-state index < -0.39 is 67.7 Å². The van der Waals surface area contributed by atoms with Crippen molar-refractivity contribution < 1.29 is 42.1 Å². The quantitative estimate of drug-likeness (QED) is 0.256. The molecule has 4 bridgehead atoms. The Morgan fingerprint density at radius 1 is 1.05 bits per heavy atom.